The van der Waals surface area contributed by atoms with Crippen LogP contribution in [0.1, 0.15) is 105 Å². The molecule has 0 radical (unpaired) electrons. The zero-order valence-corrected chi connectivity index (χ0v) is 24.8. The second-order valence-corrected chi connectivity index (χ2v) is 12.5. The highest BCUT2D eigenvalue weighted by atomic mass is 14.7. The number of nitrogens with zero attached hydrogens (tertiary/aromatic N) is 2. The summed E-state index contributed by atoms with van der Waals surface area (Å²) >= 11 is 0. The van der Waals surface area contributed by atoms with E-state index in [4.69, 9.17) is 9.98 Å². The lowest BCUT2D eigenvalue weighted by molar-refractivity contribution is 0.356. The summed E-state index contributed by atoms with van der Waals surface area (Å²) in [6, 6.07) is 17.3. The molecule has 2 aromatic carbocycles. The van der Waals surface area contributed by atoms with Crippen molar-refractivity contribution < 1.29 is 0 Å². The average Bonchev–Trinajstić information content (AvgIpc) is 2.80. The van der Waals surface area contributed by atoms with Crippen LogP contribution in [0.4, 0.5) is 11.4 Å². The summed E-state index contributed by atoms with van der Waals surface area (Å²) in [5, 5.41) is 0. The van der Waals surface area contributed by atoms with Crippen molar-refractivity contribution in [2.45, 2.75) is 100 Å². The molecule has 2 heteroatoms. The van der Waals surface area contributed by atoms with Crippen LogP contribution in [0.25, 0.3) is 0 Å². The van der Waals surface area contributed by atoms with Gasteiger partial charge in [-0.15, -0.1) is 0 Å². The van der Waals surface area contributed by atoms with Crippen molar-refractivity contribution in [2.24, 2.45) is 20.8 Å². The molecule has 0 N–H and O–H groups in total. The fraction of sp³-hybridized carbons (Fsp3) is 0.486. The Kier molecular flexibility index (Phi) is 12.2. The lowest BCUT2D eigenvalue weighted by Crippen LogP contribution is -2.11. The molecule has 2 rings (SSSR count). The molecule has 0 spiro atoms. The van der Waals surface area contributed by atoms with Gasteiger partial charge in [0.05, 0.1) is 11.4 Å². The van der Waals surface area contributed by atoms with Crippen molar-refractivity contribution in [2.75, 3.05) is 0 Å². The number of rotatable bonds is 14. The van der Waals surface area contributed by atoms with E-state index in [0.29, 0.717) is 0 Å². The number of allylic oxidation sites excluding steroid dienone is 4. The van der Waals surface area contributed by atoms with Crippen LogP contribution in [0.3, 0.4) is 0 Å². The molecule has 0 amide bonds. The first-order valence-electron chi connectivity index (χ1n) is 13.9. The van der Waals surface area contributed by atoms with Gasteiger partial charge in [-0.25, -0.2) is 0 Å². The average molecular weight is 499 g/mol. The van der Waals surface area contributed by atoms with Gasteiger partial charge in [0.1, 0.15) is 0 Å². The normalized spacial score (nSPS) is 12.3. The Hall–Kier alpha value is -2.74. The van der Waals surface area contributed by atoms with Crippen molar-refractivity contribution in [3.8, 4) is 0 Å². The van der Waals surface area contributed by atoms with E-state index in [1.54, 1.807) is 0 Å². The Morgan fingerprint density at radius 1 is 0.595 bits per heavy atom. The Bertz CT molecular complexity index is 966. The molecule has 0 unspecified atom stereocenters. The first-order valence-corrected chi connectivity index (χ1v) is 13.9. The molecule has 0 saturated carbocycles. The molecular formula is C35H50N2. The lowest BCUT2D eigenvalue weighted by Gasteiger charge is -2.21. The van der Waals surface area contributed by atoms with Gasteiger partial charge in [0.25, 0.3) is 0 Å². The SMILES string of the molecule is CC(C)=CCCC(C)(C)CC=Nc1ccc(Cc2ccc(N=CCC(C)(C)CCC=C(C)C)cc2)cc1. The number of aliphatic imine (C=N–C) groups is 2. The van der Waals surface area contributed by atoms with E-state index in [2.05, 4.69) is 129 Å². The summed E-state index contributed by atoms with van der Waals surface area (Å²) in [4.78, 5) is 9.41. The first-order chi connectivity index (χ1) is 17.4. The van der Waals surface area contributed by atoms with Crippen LogP contribution in [0.5, 0.6) is 0 Å². The summed E-state index contributed by atoms with van der Waals surface area (Å²) in [7, 11) is 0. The molecule has 0 fully saturated rings. The standard InChI is InChI=1S/C35H50N2/c1-28(2)11-9-21-34(5,6)23-25-36-32-17-13-30(14-18-32)27-31-15-19-33(20-16-31)37-26-24-35(7,8)22-10-12-29(3)4/h11-20,25-26H,9-10,21-24,27H2,1-8H3. The third-order valence-corrected chi connectivity index (χ3v) is 6.80. The maximum Gasteiger partial charge on any atom is 0.0625 e. The van der Waals surface area contributed by atoms with E-state index in [1.165, 1.54) is 35.1 Å². The predicted molar refractivity (Wildman–Crippen MR) is 166 cm³/mol. The fourth-order valence-corrected chi connectivity index (χ4v) is 4.14. The molecule has 0 aliphatic carbocycles. The van der Waals surface area contributed by atoms with Crippen molar-refractivity contribution in [3.63, 3.8) is 0 Å². The Morgan fingerprint density at radius 3 is 1.27 bits per heavy atom. The number of benzene rings is 2. The van der Waals surface area contributed by atoms with E-state index in [9.17, 15) is 0 Å². The molecule has 0 bridgehead atoms. The summed E-state index contributed by atoms with van der Waals surface area (Å²) in [6.45, 7) is 18.0. The van der Waals surface area contributed by atoms with E-state index < -0.39 is 0 Å². The maximum absolute atomic E-state index is 4.70. The number of hydrogen-bond donors (Lipinski definition) is 0. The molecule has 2 aromatic rings. The van der Waals surface area contributed by atoms with Gasteiger partial charge in [0.2, 0.25) is 0 Å². The maximum atomic E-state index is 4.70. The molecule has 0 saturated heterocycles. The van der Waals surface area contributed by atoms with Gasteiger partial charge in [0.15, 0.2) is 0 Å². The van der Waals surface area contributed by atoms with Gasteiger partial charge < -0.3 is 0 Å². The van der Waals surface area contributed by atoms with Crippen LogP contribution in [0.2, 0.25) is 0 Å². The van der Waals surface area contributed by atoms with Crippen LogP contribution in [0.15, 0.2) is 81.8 Å². The Balaban J connectivity index is 1.83. The van der Waals surface area contributed by atoms with Gasteiger partial charge in [-0.3, -0.25) is 9.98 Å². The monoisotopic (exact) mass is 498 g/mol. The van der Waals surface area contributed by atoms with Crippen molar-refractivity contribution in [3.05, 3.63) is 83.0 Å². The summed E-state index contributed by atoms with van der Waals surface area (Å²) in [5.74, 6) is 0. The molecule has 0 heterocycles. The summed E-state index contributed by atoms with van der Waals surface area (Å²) in [6.07, 6.45) is 16.4. The van der Waals surface area contributed by atoms with Crippen molar-refractivity contribution in [1.82, 2.24) is 0 Å². The van der Waals surface area contributed by atoms with Crippen molar-refractivity contribution in [1.29, 1.82) is 0 Å². The van der Waals surface area contributed by atoms with E-state index in [0.717, 1.165) is 43.5 Å². The molecule has 37 heavy (non-hydrogen) atoms. The molecular weight excluding hydrogens is 448 g/mol. The topological polar surface area (TPSA) is 24.7 Å². The third-order valence-electron chi connectivity index (χ3n) is 6.80. The molecule has 2 nitrogen and oxygen atoms in total. The second kappa shape index (κ2) is 14.9. The second-order valence-electron chi connectivity index (χ2n) is 12.5. The Morgan fingerprint density at radius 2 is 0.946 bits per heavy atom. The minimum absolute atomic E-state index is 0.271. The zero-order valence-electron chi connectivity index (χ0n) is 24.8. The largest absolute Gasteiger partial charge is 0.261 e. The first kappa shape index (κ1) is 30.5. The fourth-order valence-electron chi connectivity index (χ4n) is 4.14. The van der Waals surface area contributed by atoms with Crippen LogP contribution in [-0.2, 0) is 6.42 Å². The summed E-state index contributed by atoms with van der Waals surface area (Å²) in [5.41, 5.74) is 7.99. The van der Waals surface area contributed by atoms with Crippen LogP contribution in [-0.4, -0.2) is 12.4 Å². The molecule has 0 aliphatic heterocycles. The van der Waals surface area contributed by atoms with Gasteiger partial charge in [-0.2, -0.15) is 0 Å². The van der Waals surface area contributed by atoms with E-state index >= 15 is 0 Å². The zero-order chi connectivity index (χ0) is 27.3. The van der Waals surface area contributed by atoms with Gasteiger partial charge in [-0.05, 0) is 119 Å². The minimum atomic E-state index is 0.271. The molecule has 0 atom stereocenters. The lowest BCUT2D eigenvalue weighted by atomic mass is 9.84. The third kappa shape index (κ3) is 13.4. The van der Waals surface area contributed by atoms with E-state index in [1.807, 2.05) is 0 Å². The highest BCUT2D eigenvalue weighted by Crippen LogP contribution is 2.28. The van der Waals surface area contributed by atoms with Crippen molar-refractivity contribution >= 4 is 23.8 Å². The van der Waals surface area contributed by atoms with Crippen LogP contribution in [0, 0.1) is 10.8 Å². The molecule has 0 aromatic heterocycles. The highest BCUT2D eigenvalue weighted by Gasteiger charge is 2.16. The number of hydrogen-bond acceptors (Lipinski definition) is 2. The Labute approximate surface area is 227 Å². The molecule has 200 valence electrons. The van der Waals surface area contributed by atoms with Crippen LogP contribution >= 0.6 is 0 Å². The minimum Gasteiger partial charge on any atom is -0.261 e. The van der Waals surface area contributed by atoms with Crippen LogP contribution < -0.4 is 0 Å². The predicted octanol–water partition coefficient (Wildman–Crippen LogP) is 11.0. The molecule has 0 aliphatic rings. The smallest absolute Gasteiger partial charge is 0.0625 e. The van der Waals surface area contributed by atoms with E-state index in [-0.39, 0.29) is 10.8 Å². The highest BCUT2D eigenvalue weighted by molar-refractivity contribution is 5.64. The summed E-state index contributed by atoms with van der Waals surface area (Å²) < 4.78 is 0. The van der Waals surface area contributed by atoms with Gasteiger partial charge >= 0.3 is 0 Å². The quantitative estimate of drug-likeness (QED) is 0.183. The van der Waals surface area contributed by atoms with Gasteiger partial charge in [-0.1, -0.05) is 75.3 Å². The van der Waals surface area contributed by atoms with Gasteiger partial charge in [0, 0.05) is 12.4 Å².